The minimum absolute atomic E-state index is 0.151. The van der Waals surface area contributed by atoms with E-state index in [2.05, 4.69) is 23.9 Å². The molecular weight excluding hydrogens is 199 g/mol. The number of hydrogen-bond donors (Lipinski definition) is 1. The number of nitrogens with zero attached hydrogens (tertiary/aromatic N) is 1. The van der Waals surface area contributed by atoms with E-state index < -0.39 is 8.53 Å². The molecule has 0 unspecified atom stereocenters. The third kappa shape index (κ3) is 2.66. The lowest BCUT2D eigenvalue weighted by molar-refractivity contribution is 0.0600. The normalized spacial score (nSPS) is 27.4. The van der Waals surface area contributed by atoms with Crippen LogP contribution in [-0.4, -0.2) is 25.6 Å². The summed E-state index contributed by atoms with van der Waals surface area (Å²) in [5.74, 6) is 1.05. The number of hydrogen-bond acceptors (Lipinski definition) is 4. The Balaban J connectivity index is 1.78. The number of aliphatic imine (C=N–C) groups is 1. The summed E-state index contributed by atoms with van der Waals surface area (Å²) in [7, 11) is -0.922. The summed E-state index contributed by atoms with van der Waals surface area (Å²) < 4.78 is 11.2. The molecule has 0 atom stereocenters. The second-order valence-electron chi connectivity index (χ2n) is 4.51. The van der Waals surface area contributed by atoms with Gasteiger partial charge in [0, 0.05) is 18.4 Å². The predicted molar refractivity (Wildman–Crippen MR) is 57.3 cm³/mol. The van der Waals surface area contributed by atoms with Gasteiger partial charge in [0.1, 0.15) is 5.84 Å². The fourth-order valence-corrected chi connectivity index (χ4v) is 2.88. The molecule has 1 N–H and O–H groups in total. The fraction of sp³-hybridized carbons (Fsp3) is 0.889. The lowest BCUT2D eigenvalue weighted by Gasteiger charge is -2.33. The van der Waals surface area contributed by atoms with Gasteiger partial charge in [0.25, 0.3) is 8.53 Å². The molecule has 0 amide bonds. The van der Waals surface area contributed by atoms with Crippen LogP contribution in [0.4, 0.5) is 0 Å². The van der Waals surface area contributed by atoms with Gasteiger partial charge in [-0.15, -0.1) is 0 Å². The third-order valence-electron chi connectivity index (χ3n) is 2.24. The van der Waals surface area contributed by atoms with E-state index in [9.17, 15) is 0 Å². The van der Waals surface area contributed by atoms with Crippen molar-refractivity contribution in [1.29, 1.82) is 0 Å². The van der Waals surface area contributed by atoms with Gasteiger partial charge in [-0.3, -0.25) is 4.99 Å². The highest BCUT2D eigenvalue weighted by atomic mass is 31.2. The summed E-state index contributed by atoms with van der Waals surface area (Å²) in [6.07, 6.45) is 2.19. The molecule has 2 aliphatic heterocycles. The Labute approximate surface area is 86.0 Å². The van der Waals surface area contributed by atoms with Crippen LogP contribution in [-0.2, 0) is 9.05 Å². The number of amidine groups is 1. The summed E-state index contributed by atoms with van der Waals surface area (Å²) in [6, 6.07) is 0. The molecule has 0 bridgehead atoms. The molecule has 1 saturated heterocycles. The Bertz CT molecular complexity index is 233. The summed E-state index contributed by atoms with van der Waals surface area (Å²) in [5, 5.41) is 3.23. The number of nitrogens with one attached hydrogen (secondary N) is 1. The van der Waals surface area contributed by atoms with Crippen LogP contribution < -0.4 is 5.09 Å². The largest absolute Gasteiger partial charge is 0.317 e. The molecule has 2 rings (SSSR count). The molecule has 4 nitrogen and oxygen atoms in total. The van der Waals surface area contributed by atoms with Gasteiger partial charge in [0.05, 0.1) is 13.2 Å². The van der Waals surface area contributed by atoms with Crippen LogP contribution in [0.2, 0.25) is 0 Å². The molecule has 0 aromatic carbocycles. The highest BCUT2D eigenvalue weighted by molar-refractivity contribution is 7.45. The van der Waals surface area contributed by atoms with Crippen molar-refractivity contribution in [1.82, 2.24) is 5.09 Å². The standard InChI is InChI=1S/C9H17N2O2P/c1-9(2)6-12-14(13-7-9)11-8-4-3-5-10-8/h3-7H2,1-2H3,(H,10,11). The first-order valence-corrected chi connectivity index (χ1v) is 6.19. The predicted octanol–water partition coefficient (Wildman–Crippen LogP) is 2.07. The second kappa shape index (κ2) is 4.13. The third-order valence-corrected chi connectivity index (χ3v) is 3.41. The molecule has 1 fully saturated rings. The molecule has 0 aromatic rings. The molecule has 5 heteroatoms. The van der Waals surface area contributed by atoms with E-state index in [4.69, 9.17) is 9.05 Å². The summed E-state index contributed by atoms with van der Waals surface area (Å²) >= 11 is 0. The maximum Gasteiger partial charge on any atom is 0.288 e. The Kier molecular flexibility index (Phi) is 3.05. The van der Waals surface area contributed by atoms with Crippen molar-refractivity contribution in [3.8, 4) is 0 Å². The summed E-state index contributed by atoms with van der Waals surface area (Å²) in [4.78, 5) is 4.33. The zero-order valence-corrected chi connectivity index (χ0v) is 9.64. The van der Waals surface area contributed by atoms with Gasteiger partial charge in [-0.25, -0.2) is 0 Å². The monoisotopic (exact) mass is 216 g/mol. The van der Waals surface area contributed by atoms with E-state index in [0.717, 1.165) is 38.4 Å². The van der Waals surface area contributed by atoms with Crippen molar-refractivity contribution >= 4 is 14.4 Å². The van der Waals surface area contributed by atoms with Gasteiger partial charge in [-0.05, 0) is 6.42 Å². The highest BCUT2D eigenvalue weighted by Crippen LogP contribution is 2.42. The molecule has 0 radical (unpaired) electrons. The van der Waals surface area contributed by atoms with Crippen molar-refractivity contribution in [3.05, 3.63) is 0 Å². The van der Waals surface area contributed by atoms with Crippen LogP contribution in [0.1, 0.15) is 26.7 Å². The smallest absolute Gasteiger partial charge is 0.288 e. The van der Waals surface area contributed by atoms with Crippen molar-refractivity contribution in [3.63, 3.8) is 0 Å². The average molecular weight is 216 g/mol. The van der Waals surface area contributed by atoms with Gasteiger partial charge in [-0.2, -0.15) is 0 Å². The van der Waals surface area contributed by atoms with E-state index in [1.165, 1.54) is 0 Å². The molecule has 0 spiro atoms. The second-order valence-corrected chi connectivity index (χ2v) is 5.77. The van der Waals surface area contributed by atoms with Crippen molar-refractivity contribution < 1.29 is 9.05 Å². The Morgan fingerprint density at radius 2 is 2.07 bits per heavy atom. The van der Waals surface area contributed by atoms with Gasteiger partial charge in [-0.1, -0.05) is 13.8 Å². The molecule has 0 aliphatic carbocycles. The van der Waals surface area contributed by atoms with Crippen molar-refractivity contribution in [2.75, 3.05) is 19.8 Å². The van der Waals surface area contributed by atoms with Crippen molar-refractivity contribution in [2.24, 2.45) is 10.4 Å². The van der Waals surface area contributed by atoms with Crippen LogP contribution in [0.25, 0.3) is 0 Å². The first kappa shape index (κ1) is 10.3. The first-order valence-electron chi connectivity index (χ1n) is 5.02. The highest BCUT2D eigenvalue weighted by Gasteiger charge is 2.30. The van der Waals surface area contributed by atoms with E-state index >= 15 is 0 Å². The fourth-order valence-electron chi connectivity index (χ4n) is 1.35. The Hall–Kier alpha value is -0.180. The van der Waals surface area contributed by atoms with Crippen LogP contribution in [0.15, 0.2) is 4.99 Å². The molecular formula is C9H17N2O2P. The number of rotatable bonds is 1. The van der Waals surface area contributed by atoms with Crippen LogP contribution in [0, 0.1) is 5.41 Å². The van der Waals surface area contributed by atoms with Gasteiger partial charge in [0.15, 0.2) is 0 Å². The van der Waals surface area contributed by atoms with Gasteiger partial charge >= 0.3 is 0 Å². The van der Waals surface area contributed by atoms with E-state index in [1.54, 1.807) is 0 Å². The minimum atomic E-state index is -0.922. The SMILES string of the molecule is CC1(C)COP(NC2=NCCC2)OC1. The topological polar surface area (TPSA) is 42.8 Å². The molecule has 0 aromatic heterocycles. The molecule has 80 valence electrons. The van der Waals surface area contributed by atoms with E-state index in [-0.39, 0.29) is 5.41 Å². The first-order chi connectivity index (χ1) is 6.66. The quantitative estimate of drug-likeness (QED) is 0.682. The molecule has 2 aliphatic rings. The Morgan fingerprint density at radius 3 is 2.64 bits per heavy atom. The van der Waals surface area contributed by atoms with Crippen LogP contribution in [0.5, 0.6) is 0 Å². The Morgan fingerprint density at radius 1 is 1.36 bits per heavy atom. The van der Waals surface area contributed by atoms with Gasteiger partial charge in [0.2, 0.25) is 0 Å². The lowest BCUT2D eigenvalue weighted by Crippen LogP contribution is -2.32. The maximum atomic E-state index is 5.61. The van der Waals surface area contributed by atoms with E-state index in [0.29, 0.717) is 0 Å². The van der Waals surface area contributed by atoms with Crippen molar-refractivity contribution in [2.45, 2.75) is 26.7 Å². The van der Waals surface area contributed by atoms with E-state index in [1.807, 2.05) is 0 Å². The average Bonchev–Trinajstić information content (AvgIpc) is 2.61. The zero-order valence-electron chi connectivity index (χ0n) is 8.75. The molecule has 2 heterocycles. The summed E-state index contributed by atoms with van der Waals surface area (Å²) in [5.41, 5.74) is 0.151. The van der Waals surface area contributed by atoms with Crippen LogP contribution in [0.3, 0.4) is 0 Å². The van der Waals surface area contributed by atoms with Crippen LogP contribution >= 0.6 is 8.53 Å². The minimum Gasteiger partial charge on any atom is -0.317 e. The zero-order chi connectivity index (χ0) is 10.0. The maximum absolute atomic E-state index is 5.61. The summed E-state index contributed by atoms with van der Waals surface area (Å²) in [6.45, 7) is 6.76. The lowest BCUT2D eigenvalue weighted by atomic mass is 9.97. The molecule has 14 heavy (non-hydrogen) atoms. The van der Waals surface area contributed by atoms with Gasteiger partial charge < -0.3 is 14.1 Å². The molecule has 0 saturated carbocycles.